The third kappa shape index (κ3) is 4.32. The van der Waals surface area contributed by atoms with E-state index in [1.165, 1.54) is 17.3 Å². The molecule has 0 aliphatic heterocycles. The standard InChI is InChI=1S/C15H20ClN3O4S/c1-14(2,9-23-24(3,21)22)15(20,8-19-11-17-10-18-19)12-4-6-13(16)7-5-12/h4-7,10-11,20H,8-9H2,1-3H3. The Morgan fingerprint density at radius 2 is 1.92 bits per heavy atom. The van der Waals surface area contributed by atoms with Gasteiger partial charge in [0, 0.05) is 10.4 Å². The molecule has 9 heteroatoms. The van der Waals surface area contributed by atoms with Crippen molar-refractivity contribution in [1.29, 1.82) is 0 Å². The molecule has 7 nitrogen and oxygen atoms in total. The Hall–Kier alpha value is -1.48. The summed E-state index contributed by atoms with van der Waals surface area (Å²) in [6.07, 6.45) is 3.82. The molecular formula is C15H20ClN3O4S. The van der Waals surface area contributed by atoms with Gasteiger partial charge in [0.05, 0.1) is 19.4 Å². The quantitative estimate of drug-likeness (QED) is 0.744. The van der Waals surface area contributed by atoms with Gasteiger partial charge in [0.25, 0.3) is 10.1 Å². The van der Waals surface area contributed by atoms with Crippen LogP contribution in [-0.2, 0) is 26.4 Å². The van der Waals surface area contributed by atoms with E-state index in [0.717, 1.165) is 6.26 Å². The normalized spacial score (nSPS) is 15.2. The van der Waals surface area contributed by atoms with Gasteiger partial charge in [-0.25, -0.2) is 9.67 Å². The molecule has 1 N–H and O–H groups in total. The summed E-state index contributed by atoms with van der Waals surface area (Å²) in [6.45, 7) is 3.34. The van der Waals surface area contributed by atoms with Crippen LogP contribution in [0.1, 0.15) is 19.4 Å². The Kier molecular flexibility index (Phi) is 5.34. The van der Waals surface area contributed by atoms with Gasteiger partial charge in [-0.15, -0.1) is 0 Å². The molecular weight excluding hydrogens is 354 g/mol. The average Bonchev–Trinajstić information content (AvgIpc) is 2.98. The summed E-state index contributed by atoms with van der Waals surface area (Å²) in [6, 6.07) is 6.72. The van der Waals surface area contributed by atoms with E-state index in [2.05, 4.69) is 10.1 Å². The monoisotopic (exact) mass is 373 g/mol. The fourth-order valence-corrected chi connectivity index (χ4v) is 2.98. The third-order valence-corrected chi connectivity index (χ3v) is 4.73. The summed E-state index contributed by atoms with van der Waals surface area (Å²) < 4.78 is 29.1. The summed E-state index contributed by atoms with van der Waals surface area (Å²) in [5.41, 5.74) is -1.84. The number of aliphatic hydroxyl groups is 1. The maximum atomic E-state index is 11.5. The SMILES string of the molecule is CC(C)(COS(C)(=O)=O)C(O)(Cn1cncn1)c1ccc(Cl)cc1. The Morgan fingerprint density at radius 3 is 2.42 bits per heavy atom. The second-order valence-electron chi connectivity index (χ2n) is 6.31. The van der Waals surface area contributed by atoms with E-state index in [1.807, 2.05) is 0 Å². The zero-order valence-electron chi connectivity index (χ0n) is 13.7. The van der Waals surface area contributed by atoms with Crippen LogP contribution in [0.25, 0.3) is 0 Å². The molecule has 0 bridgehead atoms. The van der Waals surface area contributed by atoms with Gasteiger partial charge in [0.2, 0.25) is 0 Å². The van der Waals surface area contributed by atoms with E-state index in [-0.39, 0.29) is 13.2 Å². The molecule has 0 spiro atoms. The average molecular weight is 374 g/mol. The van der Waals surface area contributed by atoms with Gasteiger partial charge >= 0.3 is 0 Å². The smallest absolute Gasteiger partial charge is 0.264 e. The van der Waals surface area contributed by atoms with Crippen LogP contribution in [0.4, 0.5) is 0 Å². The predicted octanol–water partition coefficient (Wildman–Crippen LogP) is 1.82. The number of benzene rings is 1. The van der Waals surface area contributed by atoms with Crippen LogP contribution in [0.2, 0.25) is 5.02 Å². The van der Waals surface area contributed by atoms with E-state index in [0.29, 0.717) is 10.6 Å². The fourth-order valence-electron chi connectivity index (χ4n) is 2.34. The Labute approximate surface area is 146 Å². The zero-order chi connectivity index (χ0) is 18.0. The second kappa shape index (κ2) is 6.79. The van der Waals surface area contributed by atoms with Crippen LogP contribution >= 0.6 is 11.6 Å². The van der Waals surface area contributed by atoms with Crippen molar-refractivity contribution in [3.05, 3.63) is 47.5 Å². The Morgan fingerprint density at radius 1 is 1.29 bits per heavy atom. The second-order valence-corrected chi connectivity index (χ2v) is 8.39. The fraction of sp³-hybridized carbons (Fsp3) is 0.467. The van der Waals surface area contributed by atoms with Gasteiger partial charge in [0.1, 0.15) is 18.3 Å². The minimum Gasteiger partial charge on any atom is -0.383 e. The highest BCUT2D eigenvalue weighted by Crippen LogP contribution is 2.41. The molecule has 132 valence electrons. The van der Waals surface area contributed by atoms with Crippen LogP contribution in [-0.4, -0.2) is 41.2 Å². The van der Waals surface area contributed by atoms with E-state index in [9.17, 15) is 13.5 Å². The molecule has 1 aromatic heterocycles. The highest BCUT2D eigenvalue weighted by atomic mass is 35.5. The van der Waals surface area contributed by atoms with Crippen molar-refractivity contribution in [2.24, 2.45) is 5.41 Å². The van der Waals surface area contributed by atoms with Crippen molar-refractivity contribution in [3.63, 3.8) is 0 Å². The molecule has 24 heavy (non-hydrogen) atoms. The minimum atomic E-state index is -3.64. The van der Waals surface area contributed by atoms with Crippen molar-refractivity contribution in [2.75, 3.05) is 12.9 Å². The van der Waals surface area contributed by atoms with Crippen LogP contribution < -0.4 is 0 Å². The largest absolute Gasteiger partial charge is 0.383 e. The lowest BCUT2D eigenvalue weighted by molar-refractivity contribution is -0.105. The molecule has 1 aromatic carbocycles. The maximum absolute atomic E-state index is 11.5. The first kappa shape index (κ1) is 18.9. The number of hydrogen-bond acceptors (Lipinski definition) is 6. The molecule has 0 amide bonds. The van der Waals surface area contributed by atoms with Crippen molar-refractivity contribution in [1.82, 2.24) is 14.8 Å². The molecule has 0 saturated heterocycles. The molecule has 0 aliphatic rings. The molecule has 1 atom stereocenters. The minimum absolute atomic E-state index is 0.0781. The molecule has 1 unspecified atom stereocenters. The Bertz CT molecular complexity index is 776. The molecule has 0 saturated carbocycles. The zero-order valence-corrected chi connectivity index (χ0v) is 15.3. The first-order valence-electron chi connectivity index (χ1n) is 7.19. The summed E-state index contributed by atoms with van der Waals surface area (Å²) in [4.78, 5) is 3.87. The van der Waals surface area contributed by atoms with E-state index < -0.39 is 21.1 Å². The first-order chi connectivity index (χ1) is 11.0. The van der Waals surface area contributed by atoms with Gasteiger partial charge < -0.3 is 5.11 Å². The molecule has 0 radical (unpaired) electrons. The molecule has 2 rings (SSSR count). The van der Waals surface area contributed by atoms with Crippen LogP contribution in [0.3, 0.4) is 0 Å². The molecule has 0 fully saturated rings. The van der Waals surface area contributed by atoms with Gasteiger partial charge in [0.15, 0.2) is 0 Å². The molecule has 1 heterocycles. The van der Waals surface area contributed by atoms with Crippen LogP contribution in [0, 0.1) is 5.41 Å². The number of rotatable bonds is 7. The predicted molar refractivity (Wildman–Crippen MR) is 89.9 cm³/mol. The summed E-state index contributed by atoms with van der Waals surface area (Å²) in [7, 11) is -3.64. The van der Waals surface area contributed by atoms with Crippen molar-refractivity contribution in [3.8, 4) is 0 Å². The van der Waals surface area contributed by atoms with Gasteiger partial charge in [-0.2, -0.15) is 13.5 Å². The van der Waals surface area contributed by atoms with Crippen molar-refractivity contribution < 1.29 is 17.7 Å². The van der Waals surface area contributed by atoms with Crippen molar-refractivity contribution in [2.45, 2.75) is 26.0 Å². The van der Waals surface area contributed by atoms with Gasteiger partial charge in [-0.05, 0) is 17.7 Å². The van der Waals surface area contributed by atoms with Gasteiger partial charge in [-0.3, -0.25) is 4.18 Å². The molecule has 2 aromatic rings. The third-order valence-electron chi connectivity index (χ3n) is 3.93. The number of halogens is 1. The number of aromatic nitrogens is 3. The van der Waals surface area contributed by atoms with E-state index >= 15 is 0 Å². The topological polar surface area (TPSA) is 94.3 Å². The Balaban J connectivity index is 2.42. The summed E-state index contributed by atoms with van der Waals surface area (Å²) >= 11 is 5.93. The number of hydrogen-bond donors (Lipinski definition) is 1. The first-order valence-corrected chi connectivity index (χ1v) is 9.38. The summed E-state index contributed by atoms with van der Waals surface area (Å²) in [5.74, 6) is 0. The highest BCUT2D eigenvalue weighted by Gasteiger charge is 2.46. The lowest BCUT2D eigenvalue weighted by Crippen LogP contribution is -2.48. The molecule has 0 aliphatic carbocycles. The maximum Gasteiger partial charge on any atom is 0.264 e. The van der Waals surface area contributed by atoms with Gasteiger partial charge in [-0.1, -0.05) is 37.6 Å². The summed E-state index contributed by atoms with van der Waals surface area (Å²) in [5, 5.41) is 16.0. The van der Waals surface area contributed by atoms with Crippen LogP contribution in [0.5, 0.6) is 0 Å². The van der Waals surface area contributed by atoms with E-state index in [1.54, 1.807) is 38.1 Å². The highest BCUT2D eigenvalue weighted by molar-refractivity contribution is 7.85. The van der Waals surface area contributed by atoms with E-state index in [4.69, 9.17) is 15.8 Å². The van der Waals surface area contributed by atoms with Crippen molar-refractivity contribution >= 4 is 21.7 Å². The van der Waals surface area contributed by atoms with Crippen LogP contribution in [0.15, 0.2) is 36.9 Å². The lowest BCUT2D eigenvalue weighted by Gasteiger charge is -2.42. The lowest BCUT2D eigenvalue weighted by atomic mass is 9.71. The number of nitrogens with zero attached hydrogens (tertiary/aromatic N) is 3.